The Morgan fingerprint density at radius 1 is 0.950 bits per heavy atom. The molecule has 1 unspecified atom stereocenters. The van der Waals surface area contributed by atoms with Crippen LogP contribution in [0.4, 0.5) is 10.5 Å². The van der Waals surface area contributed by atoms with Crippen LogP contribution in [0, 0.1) is 5.92 Å². The van der Waals surface area contributed by atoms with Gasteiger partial charge in [-0.15, -0.1) is 0 Å². The Balaban J connectivity index is 1.66. The van der Waals surface area contributed by atoms with E-state index in [-0.39, 0.29) is 24.5 Å². The molecule has 0 spiro atoms. The van der Waals surface area contributed by atoms with Gasteiger partial charge in [-0.2, -0.15) is 0 Å². The van der Waals surface area contributed by atoms with Crippen LogP contribution in [-0.4, -0.2) is 36.0 Å². The molecule has 208 valence electrons. The third-order valence-corrected chi connectivity index (χ3v) is 6.83. The highest BCUT2D eigenvalue weighted by atomic mass is 16.5. The molecule has 1 aliphatic rings. The molecular formula is C33H37N3O4. The highest BCUT2D eigenvalue weighted by Crippen LogP contribution is 2.33. The van der Waals surface area contributed by atoms with E-state index in [2.05, 4.69) is 10.6 Å². The predicted octanol–water partition coefficient (Wildman–Crippen LogP) is 6.41. The summed E-state index contributed by atoms with van der Waals surface area (Å²) in [6.07, 6.45) is 0.745. The number of carbonyl (C=O) groups excluding carboxylic acids is 3. The van der Waals surface area contributed by atoms with Gasteiger partial charge in [0.2, 0.25) is 5.91 Å². The van der Waals surface area contributed by atoms with Gasteiger partial charge in [0.05, 0.1) is 24.1 Å². The molecule has 0 radical (unpaired) electrons. The third-order valence-electron chi connectivity index (χ3n) is 6.83. The van der Waals surface area contributed by atoms with Gasteiger partial charge in [0, 0.05) is 17.9 Å². The third kappa shape index (κ3) is 6.60. The average Bonchev–Trinajstić information content (AvgIpc) is 2.95. The van der Waals surface area contributed by atoms with Crippen LogP contribution in [-0.2, 0) is 14.3 Å². The molecule has 0 aliphatic carbocycles. The van der Waals surface area contributed by atoms with E-state index in [1.54, 1.807) is 24.0 Å². The zero-order chi connectivity index (χ0) is 28.6. The molecule has 1 heterocycles. The van der Waals surface area contributed by atoms with Gasteiger partial charge >= 0.3 is 12.0 Å². The second kappa shape index (κ2) is 13.1. The van der Waals surface area contributed by atoms with Crippen LogP contribution in [0.3, 0.4) is 0 Å². The molecule has 1 atom stereocenters. The molecule has 2 N–H and O–H groups in total. The summed E-state index contributed by atoms with van der Waals surface area (Å²) in [6.45, 7) is 8.48. The van der Waals surface area contributed by atoms with Crippen LogP contribution in [0.25, 0.3) is 0 Å². The zero-order valence-corrected chi connectivity index (χ0v) is 23.5. The monoisotopic (exact) mass is 539 g/mol. The topological polar surface area (TPSA) is 87.7 Å². The maximum Gasteiger partial charge on any atom is 0.338 e. The maximum atomic E-state index is 13.7. The number of anilines is 1. The SMILES string of the molecule is CCCN1C(=O)NC(c2cccc(NC(=O)C(c3ccccc3)c3ccccc3)c2)C(C(=O)OCC(C)C)=C1C. The predicted molar refractivity (Wildman–Crippen MR) is 157 cm³/mol. The summed E-state index contributed by atoms with van der Waals surface area (Å²) in [5.41, 5.74) is 3.97. The fraction of sp³-hybridized carbons (Fsp3) is 0.303. The van der Waals surface area contributed by atoms with Crippen molar-refractivity contribution in [1.29, 1.82) is 0 Å². The Morgan fingerprint density at radius 3 is 2.15 bits per heavy atom. The first-order valence-corrected chi connectivity index (χ1v) is 13.8. The van der Waals surface area contributed by atoms with Gasteiger partial charge in [-0.25, -0.2) is 9.59 Å². The summed E-state index contributed by atoms with van der Waals surface area (Å²) in [4.78, 5) is 41.6. The normalized spacial score (nSPS) is 15.3. The van der Waals surface area contributed by atoms with Crippen LogP contribution in [0.1, 0.15) is 62.8 Å². The first kappa shape index (κ1) is 28.6. The molecule has 4 rings (SSSR count). The summed E-state index contributed by atoms with van der Waals surface area (Å²) < 4.78 is 5.61. The number of allylic oxidation sites excluding steroid dienone is 1. The van der Waals surface area contributed by atoms with E-state index in [0.29, 0.717) is 29.1 Å². The van der Waals surface area contributed by atoms with Gasteiger partial charge in [-0.05, 0) is 48.1 Å². The molecule has 7 nitrogen and oxygen atoms in total. The molecule has 0 saturated heterocycles. The molecule has 0 fully saturated rings. The van der Waals surface area contributed by atoms with Gasteiger partial charge in [0.25, 0.3) is 0 Å². The minimum Gasteiger partial charge on any atom is -0.462 e. The second-order valence-electron chi connectivity index (χ2n) is 10.4. The number of urea groups is 1. The van der Waals surface area contributed by atoms with E-state index in [4.69, 9.17) is 4.74 Å². The molecular weight excluding hydrogens is 502 g/mol. The lowest BCUT2D eigenvalue weighted by atomic mass is 9.90. The molecule has 40 heavy (non-hydrogen) atoms. The van der Waals surface area contributed by atoms with E-state index in [9.17, 15) is 14.4 Å². The zero-order valence-electron chi connectivity index (χ0n) is 23.5. The van der Waals surface area contributed by atoms with E-state index in [1.807, 2.05) is 93.6 Å². The van der Waals surface area contributed by atoms with Crippen molar-refractivity contribution in [3.05, 3.63) is 113 Å². The molecule has 0 saturated carbocycles. The number of ether oxygens (including phenoxy) is 1. The number of nitrogens with zero attached hydrogens (tertiary/aromatic N) is 1. The number of hydrogen-bond acceptors (Lipinski definition) is 4. The van der Waals surface area contributed by atoms with Crippen molar-refractivity contribution in [3.8, 4) is 0 Å². The van der Waals surface area contributed by atoms with Crippen molar-refractivity contribution in [1.82, 2.24) is 10.2 Å². The van der Waals surface area contributed by atoms with Crippen LogP contribution in [0.2, 0.25) is 0 Å². The highest BCUT2D eigenvalue weighted by Gasteiger charge is 2.36. The highest BCUT2D eigenvalue weighted by molar-refractivity contribution is 5.98. The fourth-order valence-electron chi connectivity index (χ4n) is 4.91. The van der Waals surface area contributed by atoms with Crippen molar-refractivity contribution in [2.24, 2.45) is 5.92 Å². The quantitative estimate of drug-likeness (QED) is 0.292. The Morgan fingerprint density at radius 2 is 1.57 bits per heavy atom. The van der Waals surface area contributed by atoms with Crippen LogP contribution < -0.4 is 10.6 Å². The van der Waals surface area contributed by atoms with Crippen molar-refractivity contribution >= 4 is 23.6 Å². The number of nitrogens with one attached hydrogen (secondary N) is 2. The summed E-state index contributed by atoms with van der Waals surface area (Å²) in [5, 5.41) is 6.05. The number of hydrogen-bond donors (Lipinski definition) is 2. The van der Waals surface area contributed by atoms with Crippen molar-refractivity contribution in [2.75, 3.05) is 18.5 Å². The first-order chi connectivity index (χ1) is 19.3. The van der Waals surface area contributed by atoms with Gasteiger partial charge in [-0.3, -0.25) is 9.69 Å². The Hall–Kier alpha value is -4.39. The van der Waals surface area contributed by atoms with Gasteiger partial charge < -0.3 is 15.4 Å². The van der Waals surface area contributed by atoms with Gasteiger partial charge in [-0.1, -0.05) is 93.6 Å². The van der Waals surface area contributed by atoms with E-state index in [0.717, 1.165) is 17.5 Å². The van der Waals surface area contributed by atoms with Crippen molar-refractivity contribution in [3.63, 3.8) is 0 Å². The largest absolute Gasteiger partial charge is 0.462 e. The Bertz CT molecular complexity index is 1330. The van der Waals surface area contributed by atoms with Crippen LogP contribution in [0.5, 0.6) is 0 Å². The van der Waals surface area contributed by atoms with Gasteiger partial charge in [0.15, 0.2) is 0 Å². The molecule has 7 heteroatoms. The summed E-state index contributed by atoms with van der Waals surface area (Å²) in [7, 11) is 0. The minimum absolute atomic E-state index is 0.175. The fourth-order valence-corrected chi connectivity index (χ4v) is 4.91. The summed E-state index contributed by atoms with van der Waals surface area (Å²) in [6, 6.07) is 25.5. The molecule has 0 bridgehead atoms. The molecule has 3 aromatic carbocycles. The number of esters is 1. The lowest BCUT2D eigenvalue weighted by Gasteiger charge is -2.35. The van der Waals surface area contributed by atoms with Crippen molar-refractivity contribution < 1.29 is 19.1 Å². The Kier molecular flexibility index (Phi) is 9.38. The molecule has 3 amide bonds. The smallest absolute Gasteiger partial charge is 0.338 e. The van der Waals surface area contributed by atoms with E-state index < -0.39 is 17.9 Å². The van der Waals surface area contributed by atoms with Crippen LogP contribution in [0.15, 0.2) is 96.2 Å². The van der Waals surface area contributed by atoms with E-state index >= 15 is 0 Å². The van der Waals surface area contributed by atoms with Gasteiger partial charge in [0.1, 0.15) is 0 Å². The molecule has 3 aromatic rings. The standard InChI is InChI=1S/C33H37N3O4/c1-5-19-36-23(4)28(32(38)40-21-22(2)3)30(35-33(36)39)26-17-12-18-27(20-26)34-31(37)29(24-13-8-6-9-14-24)25-15-10-7-11-16-25/h6-18,20,22,29-30H,5,19,21H2,1-4H3,(H,34,37)(H,35,39). The molecule has 1 aliphatic heterocycles. The van der Waals surface area contributed by atoms with Crippen LogP contribution >= 0.6 is 0 Å². The maximum absolute atomic E-state index is 13.7. The lowest BCUT2D eigenvalue weighted by Crippen LogP contribution is -2.48. The number of benzene rings is 3. The van der Waals surface area contributed by atoms with Crippen molar-refractivity contribution in [2.45, 2.75) is 46.1 Å². The lowest BCUT2D eigenvalue weighted by molar-refractivity contribution is -0.140. The second-order valence-corrected chi connectivity index (χ2v) is 10.4. The minimum atomic E-state index is -0.712. The first-order valence-electron chi connectivity index (χ1n) is 13.8. The number of carbonyl (C=O) groups is 3. The summed E-state index contributed by atoms with van der Waals surface area (Å²) >= 11 is 0. The summed E-state index contributed by atoms with van der Waals surface area (Å²) in [5.74, 6) is -0.972. The number of amides is 3. The average molecular weight is 540 g/mol. The number of rotatable bonds is 10. The Labute approximate surface area is 236 Å². The molecule has 0 aromatic heterocycles. The van der Waals surface area contributed by atoms with E-state index in [1.165, 1.54) is 0 Å².